The summed E-state index contributed by atoms with van der Waals surface area (Å²) in [6, 6.07) is 5.14. The lowest BCUT2D eigenvalue weighted by molar-refractivity contribution is -0.124. The smallest absolute Gasteiger partial charge is 0.241 e. The third-order valence-electron chi connectivity index (χ3n) is 4.85. The van der Waals surface area contributed by atoms with Gasteiger partial charge >= 0.3 is 0 Å². The van der Waals surface area contributed by atoms with Gasteiger partial charge in [-0.15, -0.1) is 0 Å². The summed E-state index contributed by atoms with van der Waals surface area (Å²) >= 11 is 0. The van der Waals surface area contributed by atoms with Crippen molar-refractivity contribution in [1.29, 1.82) is 0 Å². The van der Waals surface area contributed by atoms with Crippen LogP contribution in [0, 0.1) is 12.8 Å². The minimum absolute atomic E-state index is 0.0883. The second-order valence-corrected chi connectivity index (χ2v) is 11.8. The van der Waals surface area contributed by atoms with Crippen LogP contribution in [0.3, 0.4) is 0 Å². The summed E-state index contributed by atoms with van der Waals surface area (Å²) in [5, 5.41) is 2.84. The van der Waals surface area contributed by atoms with Crippen molar-refractivity contribution in [3.8, 4) is 0 Å². The summed E-state index contributed by atoms with van der Waals surface area (Å²) < 4.78 is 52.9. The number of nitrogens with one attached hydrogen (secondary N) is 2. The van der Waals surface area contributed by atoms with Crippen LogP contribution in [0.25, 0.3) is 0 Å². The average molecular weight is 446 g/mol. The molecule has 0 saturated carbocycles. The molecule has 0 aromatic heterocycles. The zero-order valence-corrected chi connectivity index (χ0v) is 19.0. The number of nitrogens with zero attached hydrogens (tertiary/aromatic N) is 1. The van der Waals surface area contributed by atoms with Gasteiger partial charge in [-0.05, 0) is 44.2 Å². The maximum absolute atomic E-state index is 12.9. The molecule has 2 unspecified atom stereocenters. The van der Waals surface area contributed by atoms with E-state index in [-0.39, 0.29) is 23.4 Å². The Balaban J connectivity index is 2.12. The first-order valence-corrected chi connectivity index (χ1v) is 13.1. The molecule has 164 valence electrons. The fraction of sp³-hybridized carbons (Fsp3) is 0.632. The van der Waals surface area contributed by atoms with E-state index >= 15 is 0 Å². The van der Waals surface area contributed by atoms with Crippen molar-refractivity contribution < 1.29 is 21.6 Å². The zero-order valence-electron chi connectivity index (χ0n) is 17.4. The normalized spacial score (nSPS) is 19.8. The van der Waals surface area contributed by atoms with Gasteiger partial charge in [-0.3, -0.25) is 4.79 Å². The molecule has 1 aromatic carbocycles. The third-order valence-corrected chi connectivity index (χ3v) is 7.61. The first-order valence-electron chi connectivity index (χ1n) is 9.73. The lowest BCUT2D eigenvalue weighted by atomic mass is 10.0. The van der Waals surface area contributed by atoms with Crippen LogP contribution >= 0.6 is 0 Å². The van der Waals surface area contributed by atoms with Crippen molar-refractivity contribution in [2.45, 2.75) is 57.0 Å². The summed E-state index contributed by atoms with van der Waals surface area (Å²) in [6.07, 6.45) is 2.77. The Morgan fingerprint density at radius 2 is 1.79 bits per heavy atom. The number of carbonyl (C=O) groups is 1. The standard InChI is InChI=1S/C19H31N3O5S2/c1-14(2)12-18(21-29(26,27)17-9-7-15(3)8-10-17)19(23)20-16-6-5-11-22(13-16)28(4,24)25/h7-10,14,16,18,21H,5-6,11-13H2,1-4H3,(H,20,23). The van der Waals surface area contributed by atoms with Gasteiger partial charge in [0.2, 0.25) is 26.0 Å². The van der Waals surface area contributed by atoms with Gasteiger partial charge in [0.1, 0.15) is 6.04 Å². The van der Waals surface area contributed by atoms with Crippen LogP contribution in [-0.2, 0) is 24.8 Å². The number of benzene rings is 1. The molecule has 8 nitrogen and oxygen atoms in total. The monoisotopic (exact) mass is 445 g/mol. The highest BCUT2D eigenvalue weighted by Gasteiger charge is 2.31. The molecule has 1 amide bonds. The van der Waals surface area contributed by atoms with E-state index in [0.29, 0.717) is 25.8 Å². The van der Waals surface area contributed by atoms with Gasteiger partial charge in [0.15, 0.2) is 0 Å². The van der Waals surface area contributed by atoms with E-state index in [1.807, 2.05) is 20.8 Å². The molecule has 10 heteroatoms. The van der Waals surface area contributed by atoms with Gasteiger partial charge < -0.3 is 5.32 Å². The molecule has 0 spiro atoms. The number of piperidine rings is 1. The topological polar surface area (TPSA) is 113 Å². The molecule has 1 aliphatic heterocycles. The van der Waals surface area contributed by atoms with Crippen LogP contribution < -0.4 is 10.0 Å². The highest BCUT2D eigenvalue weighted by atomic mass is 32.2. The number of hydrogen-bond donors (Lipinski definition) is 2. The van der Waals surface area contributed by atoms with Crippen molar-refractivity contribution in [3.63, 3.8) is 0 Å². The Kier molecular flexibility index (Phi) is 7.83. The predicted molar refractivity (Wildman–Crippen MR) is 112 cm³/mol. The molecule has 0 bridgehead atoms. The molecule has 1 aromatic rings. The van der Waals surface area contributed by atoms with E-state index in [1.54, 1.807) is 12.1 Å². The maximum Gasteiger partial charge on any atom is 0.241 e. The molecule has 0 aliphatic carbocycles. The number of rotatable bonds is 8. The van der Waals surface area contributed by atoms with E-state index < -0.39 is 32.0 Å². The number of amides is 1. The van der Waals surface area contributed by atoms with Gasteiger partial charge in [0, 0.05) is 19.1 Å². The lowest BCUT2D eigenvalue weighted by Crippen LogP contribution is -2.54. The number of carbonyl (C=O) groups excluding carboxylic acids is 1. The van der Waals surface area contributed by atoms with E-state index in [2.05, 4.69) is 10.0 Å². The fourth-order valence-electron chi connectivity index (χ4n) is 3.32. The van der Waals surface area contributed by atoms with E-state index in [9.17, 15) is 21.6 Å². The SMILES string of the molecule is Cc1ccc(S(=O)(=O)NC(CC(C)C)C(=O)NC2CCCN(S(C)(=O)=O)C2)cc1. The summed E-state index contributed by atoms with van der Waals surface area (Å²) in [4.78, 5) is 13.0. The van der Waals surface area contributed by atoms with E-state index in [0.717, 1.165) is 11.8 Å². The van der Waals surface area contributed by atoms with Crippen molar-refractivity contribution in [2.24, 2.45) is 5.92 Å². The third kappa shape index (κ3) is 7.06. The van der Waals surface area contributed by atoms with Crippen molar-refractivity contribution in [1.82, 2.24) is 14.3 Å². The molecule has 2 N–H and O–H groups in total. The summed E-state index contributed by atoms with van der Waals surface area (Å²) in [6.45, 7) is 6.31. The Morgan fingerprint density at radius 3 is 2.34 bits per heavy atom. The summed E-state index contributed by atoms with van der Waals surface area (Å²) in [5.41, 5.74) is 0.938. The van der Waals surface area contributed by atoms with Gasteiger partial charge in [-0.2, -0.15) is 4.72 Å². The van der Waals surface area contributed by atoms with Gasteiger partial charge in [-0.25, -0.2) is 21.1 Å². The average Bonchev–Trinajstić information content (AvgIpc) is 2.60. The quantitative estimate of drug-likeness (QED) is 0.625. The molecular weight excluding hydrogens is 414 g/mol. The van der Waals surface area contributed by atoms with E-state index in [4.69, 9.17) is 0 Å². The molecule has 29 heavy (non-hydrogen) atoms. The van der Waals surface area contributed by atoms with Crippen LogP contribution in [0.1, 0.15) is 38.7 Å². The lowest BCUT2D eigenvalue weighted by Gasteiger charge is -2.32. The van der Waals surface area contributed by atoms with Crippen LogP contribution in [0.2, 0.25) is 0 Å². The minimum atomic E-state index is -3.86. The maximum atomic E-state index is 12.9. The molecule has 1 heterocycles. The van der Waals surface area contributed by atoms with Crippen molar-refractivity contribution in [2.75, 3.05) is 19.3 Å². The fourth-order valence-corrected chi connectivity index (χ4v) is 5.44. The minimum Gasteiger partial charge on any atom is -0.351 e. The highest BCUT2D eigenvalue weighted by Crippen LogP contribution is 2.16. The molecule has 0 radical (unpaired) electrons. The van der Waals surface area contributed by atoms with Crippen LogP contribution in [-0.4, -0.2) is 58.5 Å². The van der Waals surface area contributed by atoms with Gasteiger partial charge in [0.05, 0.1) is 11.2 Å². The van der Waals surface area contributed by atoms with Gasteiger partial charge in [-0.1, -0.05) is 31.5 Å². The van der Waals surface area contributed by atoms with Crippen molar-refractivity contribution >= 4 is 26.0 Å². The van der Waals surface area contributed by atoms with Gasteiger partial charge in [0.25, 0.3) is 0 Å². The Morgan fingerprint density at radius 1 is 1.17 bits per heavy atom. The first kappa shape index (κ1) is 23.8. The molecule has 2 atom stereocenters. The zero-order chi connectivity index (χ0) is 21.8. The van der Waals surface area contributed by atoms with Crippen LogP contribution in [0.4, 0.5) is 0 Å². The van der Waals surface area contributed by atoms with Crippen LogP contribution in [0.5, 0.6) is 0 Å². The molecule has 1 saturated heterocycles. The Bertz CT molecular complexity index is 912. The number of sulfonamides is 2. The molecular formula is C19H31N3O5S2. The Hall–Kier alpha value is -1.49. The number of hydrogen-bond acceptors (Lipinski definition) is 5. The highest BCUT2D eigenvalue weighted by molar-refractivity contribution is 7.89. The second-order valence-electron chi connectivity index (χ2n) is 8.09. The Labute approximate surface area is 174 Å². The van der Waals surface area contributed by atoms with E-state index in [1.165, 1.54) is 16.4 Å². The summed E-state index contributed by atoms with van der Waals surface area (Å²) in [7, 11) is -7.19. The molecule has 1 aliphatic rings. The molecule has 1 fully saturated rings. The van der Waals surface area contributed by atoms with Crippen LogP contribution in [0.15, 0.2) is 29.2 Å². The predicted octanol–water partition coefficient (Wildman–Crippen LogP) is 1.23. The first-order chi connectivity index (χ1) is 13.4. The second kappa shape index (κ2) is 9.55. The molecule has 2 rings (SSSR count). The van der Waals surface area contributed by atoms with Crippen molar-refractivity contribution in [3.05, 3.63) is 29.8 Å². The largest absolute Gasteiger partial charge is 0.351 e. The summed E-state index contributed by atoms with van der Waals surface area (Å²) in [5.74, 6) is -0.347. The number of aryl methyl sites for hydroxylation is 1.